The van der Waals surface area contributed by atoms with E-state index in [1.54, 1.807) is 6.92 Å². The van der Waals surface area contributed by atoms with Gasteiger partial charge in [-0.2, -0.15) is 0 Å². The number of rotatable bonds is 7. The summed E-state index contributed by atoms with van der Waals surface area (Å²) in [7, 11) is 0. The van der Waals surface area contributed by atoms with Crippen LogP contribution < -0.4 is 0 Å². The number of ether oxygens (including phenoxy) is 1. The number of esters is 1. The van der Waals surface area contributed by atoms with Crippen LogP contribution in [0.15, 0.2) is 0 Å². The Bertz CT molecular complexity index is 192. The Morgan fingerprint density at radius 1 is 1.36 bits per heavy atom. The zero-order chi connectivity index (χ0) is 11.0. The lowest BCUT2D eigenvalue weighted by Crippen LogP contribution is -2.20. The molecule has 0 aromatic carbocycles. The summed E-state index contributed by atoms with van der Waals surface area (Å²) in [6, 6.07) is 0. The Balaban J connectivity index is 3.66. The maximum Gasteiger partial charge on any atom is 0.313 e. The van der Waals surface area contributed by atoms with Crippen LogP contribution in [0.2, 0.25) is 0 Å². The van der Waals surface area contributed by atoms with E-state index in [0.717, 1.165) is 12.8 Å². The van der Waals surface area contributed by atoms with Crippen molar-refractivity contribution in [1.29, 1.82) is 0 Å². The van der Waals surface area contributed by atoms with Crippen LogP contribution in [0, 0.1) is 0 Å². The van der Waals surface area contributed by atoms with Crippen LogP contribution in [0.1, 0.15) is 39.5 Å². The van der Waals surface area contributed by atoms with E-state index >= 15 is 0 Å². The molecular formula is C10H17FO3. The molecule has 0 N–H and O–H groups in total. The molecule has 1 unspecified atom stereocenters. The first-order valence-corrected chi connectivity index (χ1v) is 4.94. The van der Waals surface area contributed by atoms with E-state index in [1.807, 2.05) is 6.92 Å². The zero-order valence-electron chi connectivity index (χ0n) is 8.72. The van der Waals surface area contributed by atoms with Crippen molar-refractivity contribution in [3.05, 3.63) is 0 Å². The van der Waals surface area contributed by atoms with Gasteiger partial charge in [0.25, 0.3) is 0 Å². The molecule has 3 nitrogen and oxygen atoms in total. The molecule has 0 aromatic heterocycles. The maximum atomic E-state index is 12.7. The van der Waals surface area contributed by atoms with Crippen LogP contribution in [-0.2, 0) is 14.3 Å². The van der Waals surface area contributed by atoms with Crippen LogP contribution in [0.3, 0.4) is 0 Å². The van der Waals surface area contributed by atoms with Gasteiger partial charge in [0, 0.05) is 0 Å². The molecule has 14 heavy (non-hydrogen) atoms. The average molecular weight is 204 g/mol. The lowest BCUT2D eigenvalue weighted by Gasteiger charge is -2.04. The molecule has 0 bridgehead atoms. The fourth-order valence-electron chi connectivity index (χ4n) is 0.862. The Kier molecular flexibility index (Phi) is 6.98. The second-order valence-electron chi connectivity index (χ2n) is 3.09. The minimum Gasteiger partial charge on any atom is -0.465 e. The molecule has 4 heteroatoms. The monoisotopic (exact) mass is 204 g/mol. The quantitative estimate of drug-likeness (QED) is 0.362. The molecule has 0 radical (unpaired) electrons. The van der Waals surface area contributed by atoms with Gasteiger partial charge in [0.05, 0.1) is 6.61 Å². The van der Waals surface area contributed by atoms with Gasteiger partial charge in [-0.1, -0.05) is 20.3 Å². The third-order valence-electron chi connectivity index (χ3n) is 1.79. The summed E-state index contributed by atoms with van der Waals surface area (Å²) in [4.78, 5) is 21.9. The Morgan fingerprint density at radius 3 is 2.50 bits per heavy atom. The summed E-state index contributed by atoms with van der Waals surface area (Å²) in [6.07, 6.45) is -0.178. The molecule has 0 amide bonds. The number of carbonyl (C=O) groups excluding carboxylic acids is 2. The van der Waals surface area contributed by atoms with Gasteiger partial charge < -0.3 is 4.74 Å². The topological polar surface area (TPSA) is 43.4 Å². The second kappa shape index (κ2) is 7.47. The lowest BCUT2D eigenvalue weighted by atomic mass is 10.1. The van der Waals surface area contributed by atoms with Gasteiger partial charge in [0.15, 0.2) is 12.0 Å². The first-order chi connectivity index (χ1) is 6.61. The van der Waals surface area contributed by atoms with Crippen molar-refractivity contribution in [3.63, 3.8) is 0 Å². The van der Waals surface area contributed by atoms with Crippen LogP contribution in [-0.4, -0.2) is 24.5 Å². The van der Waals surface area contributed by atoms with E-state index in [1.165, 1.54) is 0 Å². The summed E-state index contributed by atoms with van der Waals surface area (Å²) >= 11 is 0. The second-order valence-corrected chi connectivity index (χ2v) is 3.09. The zero-order valence-corrected chi connectivity index (χ0v) is 8.72. The summed E-state index contributed by atoms with van der Waals surface area (Å²) in [5.74, 6) is -1.31. The average Bonchev–Trinajstić information content (AvgIpc) is 2.16. The number of Topliss-reactive ketones (excluding diaryl/α,β-unsaturated/α-hetero) is 1. The molecule has 0 aromatic rings. The number of halogens is 1. The van der Waals surface area contributed by atoms with Gasteiger partial charge in [-0.25, -0.2) is 4.39 Å². The predicted molar refractivity (Wildman–Crippen MR) is 50.7 cm³/mol. The van der Waals surface area contributed by atoms with E-state index in [-0.39, 0.29) is 6.42 Å². The van der Waals surface area contributed by atoms with E-state index in [0.29, 0.717) is 6.61 Å². The smallest absolute Gasteiger partial charge is 0.313 e. The lowest BCUT2D eigenvalue weighted by molar-refractivity contribution is -0.147. The normalized spacial score (nSPS) is 12.2. The molecule has 0 saturated heterocycles. The minimum atomic E-state index is -1.53. The molecule has 0 rings (SSSR count). The van der Waals surface area contributed by atoms with Crippen LogP contribution in [0.5, 0.6) is 0 Å². The highest BCUT2D eigenvalue weighted by Gasteiger charge is 2.18. The molecule has 0 aliphatic rings. The van der Waals surface area contributed by atoms with Gasteiger partial charge in [-0.15, -0.1) is 0 Å². The Hall–Kier alpha value is -0.930. The number of hydrogen-bond acceptors (Lipinski definition) is 3. The number of alkyl halides is 1. The summed E-state index contributed by atoms with van der Waals surface area (Å²) < 4.78 is 17.4. The molecule has 0 spiro atoms. The summed E-state index contributed by atoms with van der Waals surface area (Å²) in [5.41, 5.74) is 0. The molecular weight excluding hydrogens is 187 g/mol. The molecule has 0 aliphatic heterocycles. The van der Waals surface area contributed by atoms with Gasteiger partial charge >= 0.3 is 5.97 Å². The molecule has 0 saturated carbocycles. The first-order valence-electron chi connectivity index (χ1n) is 4.94. The highest BCUT2D eigenvalue weighted by atomic mass is 19.1. The minimum absolute atomic E-state index is 0.112. The fraction of sp³-hybridized carbons (Fsp3) is 0.800. The molecule has 82 valence electrons. The largest absolute Gasteiger partial charge is 0.465 e. The van der Waals surface area contributed by atoms with E-state index in [2.05, 4.69) is 0 Å². The highest BCUT2D eigenvalue weighted by Crippen LogP contribution is 2.03. The highest BCUT2D eigenvalue weighted by molar-refractivity contribution is 5.97. The molecule has 0 fully saturated rings. The molecule has 0 heterocycles. The standard InChI is InChI=1S/C10H17FO3/c1-3-5-6-14-10(13)7-9(12)8(11)4-2/h8H,3-7H2,1-2H3. The summed E-state index contributed by atoms with van der Waals surface area (Å²) in [5, 5.41) is 0. The third kappa shape index (κ3) is 5.67. The van der Waals surface area contributed by atoms with Crippen molar-refractivity contribution in [2.24, 2.45) is 0 Å². The number of hydrogen-bond donors (Lipinski definition) is 0. The van der Waals surface area contributed by atoms with Crippen molar-refractivity contribution < 1.29 is 18.7 Å². The SMILES string of the molecule is CCCCOC(=O)CC(=O)C(F)CC. The Labute approximate surface area is 83.6 Å². The van der Waals surface area contributed by atoms with Gasteiger partial charge in [-0.05, 0) is 12.8 Å². The van der Waals surface area contributed by atoms with Crippen LogP contribution >= 0.6 is 0 Å². The number of ketones is 1. The van der Waals surface area contributed by atoms with E-state index in [4.69, 9.17) is 4.74 Å². The Morgan fingerprint density at radius 2 is 2.00 bits per heavy atom. The van der Waals surface area contributed by atoms with Gasteiger partial charge in [-0.3, -0.25) is 9.59 Å². The number of carbonyl (C=O) groups is 2. The van der Waals surface area contributed by atoms with Crippen molar-refractivity contribution in [2.45, 2.75) is 45.7 Å². The van der Waals surface area contributed by atoms with Gasteiger partial charge in [0.1, 0.15) is 6.42 Å². The van der Waals surface area contributed by atoms with Crippen molar-refractivity contribution in [1.82, 2.24) is 0 Å². The number of unbranched alkanes of at least 4 members (excludes halogenated alkanes) is 1. The van der Waals surface area contributed by atoms with E-state index in [9.17, 15) is 14.0 Å². The van der Waals surface area contributed by atoms with Crippen LogP contribution in [0.4, 0.5) is 4.39 Å². The van der Waals surface area contributed by atoms with Crippen molar-refractivity contribution in [2.75, 3.05) is 6.61 Å². The van der Waals surface area contributed by atoms with Gasteiger partial charge in [0.2, 0.25) is 0 Å². The molecule has 1 atom stereocenters. The van der Waals surface area contributed by atoms with Crippen molar-refractivity contribution >= 4 is 11.8 Å². The molecule has 0 aliphatic carbocycles. The van der Waals surface area contributed by atoms with Crippen molar-refractivity contribution in [3.8, 4) is 0 Å². The predicted octanol–water partition coefficient (Wildman–Crippen LogP) is 2.04. The summed E-state index contributed by atoms with van der Waals surface area (Å²) in [6.45, 7) is 3.84. The third-order valence-corrected chi connectivity index (χ3v) is 1.79. The maximum absolute atomic E-state index is 12.7. The fourth-order valence-corrected chi connectivity index (χ4v) is 0.862. The van der Waals surface area contributed by atoms with Crippen LogP contribution in [0.25, 0.3) is 0 Å². The first kappa shape index (κ1) is 13.1. The van der Waals surface area contributed by atoms with E-state index < -0.39 is 24.3 Å².